The SMILES string of the molecule is CC(C)CN(CC(C)C)C(=O)CSc1cc(F)ccc1N. The van der Waals surface area contributed by atoms with Gasteiger partial charge in [0.25, 0.3) is 0 Å². The van der Waals surface area contributed by atoms with E-state index in [1.54, 1.807) is 0 Å². The van der Waals surface area contributed by atoms with Crippen molar-refractivity contribution in [2.75, 3.05) is 24.6 Å². The Morgan fingerprint density at radius 1 is 1.24 bits per heavy atom. The Balaban J connectivity index is 2.66. The number of anilines is 1. The zero-order chi connectivity index (χ0) is 16.0. The van der Waals surface area contributed by atoms with Gasteiger partial charge < -0.3 is 10.6 Å². The molecule has 0 aliphatic heterocycles. The molecule has 0 spiro atoms. The van der Waals surface area contributed by atoms with Crippen molar-refractivity contribution in [2.24, 2.45) is 11.8 Å². The van der Waals surface area contributed by atoms with Crippen LogP contribution in [0.3, 0.4) is 0 Å². The summed E-state index contributed by atoms with van der Waals surface area (Å²) in [7, 11) is 0. The van der Waals surface area contributed by atoms with Gasteiger partial charge in [0.15, 0.2) is 0 Å². The number of benzene rings is 1. The normalized spacial score (nSPS) is 11.2. The summed E-state index contributed by atoms with van der Waals surface area (Å²) >= 11 is 1.30. The van der Waals surface area contributed by atoms with E-state index in [4.69, 9.17) is 5.73 Å². The fraction of sp³-hybridized carbons (Fsp3) is 0.562. The van der Waals surface area contributed by atoms with Gasteiger partial charge in [0.2, 0.25) is 5.91 Å². The third kappa shape index (κ3) is 6.38. The number of carbonyl (C=O) groups is 1. The Morgan fingerprint density at radius 2 is 1.81 bits per heavy atom. The van der Waals surface area contributed by atoms with Crippen LogP contribution in [0.25, 0.3) is 0 Å². The van der Waals surface area contributed by atoms with Crippen molar-refractivity contribution >= 4 is 23.4 Å². The second-order valence-corrected chi connectivity index (χ2v) is 7.07. The van der Waals surface area contributed by atoms with Crippen LogP contribution in [0.4, 0.5) is 10.1 Å². The Labute approximate surface area is 131 Å². The molecule has 3 nitrogen and oxygen atoms in total. The molecule has 1 rings (SSSR count). The average molecular weight is 312 g/mol. The minimum atomic E-state index is -0.333. The lowest BCUT2D eigenvalue weighted by Gasteiger charge is -2.26. The molecule has 0 saturated carbocycles. The topological polar surface area (TPSA) is 46.3 Å². The van der Waals surface area contributed by atoms with Crippen molar-refractivity contribution in [1.29, 1.82) is 0 Å². The molecule has 0 radical (unpaired) electrons. The number of rotatable bonds is 7. The van der Waals surface area contributed by atoms with Crippen molar-refractivity contribution in [3.05, 3.63) is 24.0 Å². The highest BCUT2D eigenvalue weighted by molar-refractivity contribution is 8.00. The van der Waals surface area contributed by atoms with E-state index in [1.807, 2.05) is 4.90 Å². The van der Waals surface area contributed by atoms with Gasteiger partial charge in [0.1, 0.15) is 5.82 Å². The van der Waals surface area contributed by atoms with E-state index in [9.17, 15) is 9.18 Å². The van der Waals surface area contributed by atoms with Crippen molar-refractivity contribution in [1.82, 2.24) is 4.90 Å². The zero-order valence-electron chi connectivity index (χ0n) is 13.2. The van der Waals surface area contributed by atoms with Gasteiger partial charge in [0.05, 0.1) is 5.75 Å². The molecule has 1 amide bonds. The van der Waals surface area contributed by atoms with Gasteiger partial charge in [-0.1, -0.05) is 27.7 Å². The number of thioether (sulfide) groups is 1. The first-order chi connectivity index (χ1) is 9.79. The molecule has 0 saturated heterocycles. The predicted molar refractivity (Wildman–Crippen MR) is 87.8 cm³/mol. The number of nitrogens with two attached hydrogens (primary N) is 1. The third-order valence-corrected chi connectivity index (χ3v) is 3.91. The minimum absolute atomic E-state index is 0.0751. The number of nitrogen functional groups attached to an aromatic ring is 1. The quantitative estimate of drug-likeness (QED) is 0.617. The highest BCUT2D eigenvalue weighted by Gasteiger charge is 2.17. The number of carbonyl (C=O) groups excluding carboxylic acids is 1. The highest BCUT2D eigenvalue weighted by atomic mass is 32.2. The molecule has 0 aliphatic rings. The second kappa shape index (κ2) is 8.27. The van der Waals surface area contributed by atoms with Crippen molar-refractivity contribution < 1.29 is 9.18 Å². The fourth-order valence-electron chi connectivity index (χ4n) is 2.02. The fourth-order valence-corrected chi connectivity index (χ4v) is 2.92. The Kier molecular flexibility index (Phi) is 7.02. The molecule has 0 unspecified atom stereocenters. The van der Waals surface area contributed by atoms with Crippen LogP contribution in [0.1, 0.15) is 27.7 Å². The molecule has 1 aromatic rings. The summed E-state index contributed by atoms with van der Waals surface area (Å²) in [5.74, 6) is 0.882. The summed E-state index contributed by atoms with van der Waals surface area (Å²) in [4.78, 5) is 14.9. The van der Waals surface area contributed by atoms with Crippen molar-refractivity contribution in [2.45, 2.75) is 32.6 Å². The summed E-state index contributed by atoms with van der Waals surface area (Å²) in [5, 5.41) is 0. The lowest BCUT2D eigenvalue weighted by atomic mass is 10.1. The van der Waals surface area contributed by atoms with Crippen LogP contribution in [-0.2, 0) is 4.79 Å². The van der Waals surface area contributed by atoms with Crippen LogP contribution in [0.2, 0.25) is 0 Å². The van der Waals surface area contributed by atoms with Gasteiger partial charge in [-0.15, -0.1) is 11.8 Å². The Hall–Kier alpha value is -1.23. The van der Waals surface area contributed by atoms with Crippen molar-refractivity contribution in [3.63, 3.8) is 0 Å². The van der Waals surface area contributed by atoms with E-state index in [2.05, 4.69) is 27.7 Å². The maximum absolute atomic E-state index is 13.2. The first-order valence-corrected chi connectivity index (χ1v) is 8.23. The summed E-state index contributed by atoms with van der Waals surface area (Å²) in [6.07, 6.45) is 0. The standard InChI is InChI=1S/C16H25FN2OS/c1-11(2)8-19(9-12(3)4)16(20)10-21-15-7-13(17)5-6-14(15)18/h5-7,11-12H,8-10,18H2,1-4H3. The molecule has 0 atom stereocenters. The molecule has 0 bridgehead atoms. The Morgan fingerprint density at radius 3 is 2.33 bits per heavy atom. The van der Waals surface area contributed by atoms with E-state index in [-0.39, 0.29) is 17.5 Å². The molecule has 0 heterocycles. The molecular weight excluding hydrogens is 287 g/mol. The molecule has 21 heavy (non-hydrogen) atoms. The van der Waals surface area contributed by atoms with Crippen LogP contribution in [0.15, 0.2) is 23.1 Å². The molecule has 0 fully saturated rings. The molecule has 5 heteroatoms. The van der Waals surface area contributed by atoms with Crippen LogP contribution in [0.5, 0.6) is 0 Å². The van der Waals surface area contributed by atoms with E-state index in [0.717, 1.165) is 13.1 Å². The lowest BCUT2D eigenvalue weighted by molar-refractivity contribution is -0.129. The van der Waals surface area contributed by atoms with Gasteiger partial charge in [-0.2, -0.15) is 0 Å². The third-order valence-electron chi connectivity index (χ3n) is 2.85. The maximum Gasteiger partial charge on any atom is 0.232 e. The summed E-state index contributed by atoms with van der Waals surface area (Å²) in [6.45, 7) is 9.87. The van der Waals surface area contributed by atoms with Gasteiger partial charge in [-0.3, -0.25) is 4.79 Å². The molecule has 118 valence electrons. The largest absolute Gasteiger partial charge is 0.398 e. The number of nitrogens with zero attached hydrogens (tertiary/aromatic N) is 1. The van der Waals surface area contributed by atoms with Gasteiger partial charge in [-0.25, -0.2) is 4.39 Å². The first kappa shape index (κ1) is 17.8. The number of hydrogen-bond acceptors (Lipinski definition) is 3. The van der Waals surface area contributed by atoms with E-state index >= 15 is 0 Å². The molecule has 2 N–H and O–H groups in total. The maximum atomic E-state index is 13.2. The van der Waals surface area contributed by atoms with Gasteiger partial charge >= 0.3 is 0 Å². The van der Waals surface area contributed by atoms with Crippen LogP contribution >= 0.6 is 11.8 Å². The van der Waals surface area contributed by atoms with Gasteiger partial charge in [0, 0.05) is 23.7 Å². The van der Waals surface area contributed by atoms with Crippen LogP contribution in [-0.4, -0.2) is 29.6 Å². The van der Waals surface area contributed by atoms with Gasteiger partial charge in [-0.05, 0) is 30.0 Å². The van der Waals surface area contributed by atoms with Crippen molar-refractivity contribution in [3.8, 4) is 0 Å². The zero-order valence-corrected chi connectivity index (χ0v) is 14.0. The second-order valence-electron chi connectivity index (χ2n) is 6.06. The number of halogens is 1. The number of amides is 1. The van der Waals surface area contributed by atoms with Crippen LogP contribution < -0.4 is 5.73 Å². The number of hydrogen-bond donors (Lipinski definition) is 1. The first-order valence-electron chi connectivity index (χ1n) is 7.25. The molecule has 0 aliphatic carbocycles. The average Bonchev–Trinajstić information content (AvgIpc) is 2.37. The minimum Gasteiger partial charge on any atom is -0.398 e. The Bertz CT molecular complexity index is 467. The predicted octanol–water partition coefficient (Wildman–Crippen LogP) is 3.64. The lowest BCUT2D eigenvalue weighted by Crippen LogP contribution is -2.38. The van der Waals surface area contributed by atoms with Crippen LogP contribution in [0, 0.1) is 17.7 Å². The molecule has 1 aromatic carbocycles. The summed E-state index contributed by atoms with van der Waals surface area (Å²) in [5.41, 5.74) is 6.31. The van der Waals surface area contributed by atoms with E-state index in [1.165, 1.54) is 30.0 Å². The molecular formula is C16H25FN2OS. The van der Waals surface area contributed by atoms with E-state index in [0.29, 0.717) is 22.4 Å². The highest BCUT2D eigenvalue weighted by Crippen LogP contribution is 2.26. The smallest absolute Gasteiger partial charge is 0.232 e. The monoisotopic (exact) mass is 312 g/mol. The summed E-state index contributed by atoms with van der Waals surface area (Å²) < 4.78 is 13.2. The molecule has 0 aromatic heterocycles. The summed E-state index contributed by atoms with van der Waals surface area (Å²) in [6, 6.07) is 4.23. The van der Waals surface area contributed by atoms with E-state index < -0.39 is 0 Å².